The molecule has 2 rings (SSSR count). The van der Waals surface area contributed by atoms with Crippen LogP contribution < -0.4 is 0 Å². The van der Waals surface area contributed by atoms with Gasteiger partial charge in [0.2, 0.25) is 0 Å². The number of aliphatic hydroxyl groups excluding tert-OH is 1. The number of rotatable bonds is 5. The second kappa shape index (κ2) is 6.53. The van der Waals surface area contributed by atoms with E-state index in [4.69, 9.17) is 5.11 Å². The minimum absolute atomic E-state index is 0.109. The summed E-state index contributed by atoms with van der Waals surface area (Å²) in [6, 6.07) is 3.77. The standard InChI is InChI=1S/C13H22N2O3S2/c1-3-11(2)14-6-8-15(9-7-14)20(17,18)13-5-4-12(10-16)19-13/h4-5,11,16H,3,6-10H2,1-2H3. The first-order valence-electron chi connectivity index (χ1n) is 6.92. The highest BCUT2D eigenvalue weighted by molar-refractivity contribution is 7.91. The van der Waals surface area contributed by atoms with Crippen LogP contribution in [0.4, 0.5) is 0 Å². The third kappa shape index (κ3) is 3.23. The molecule has 0 spiro atoms. The Balaban J connectivity index is 2.05. The van der Waals surface area contributed by atoms with Gasteiger partial charge in [-0.2, -0.15) is 4.31 Å². The third-order valence-corrected chi connectivity index (χ3v) is 7.31. The molecule has 1 fully saturated rings. The highest BCUT2D eigenvalue weighted by Gasteiger charge is 2.30. The SMILES string of the molecule is CCC(C)N1CCN(S(=O)(=O)c2ccc(CO)s2)CC1. The number of aliphatic hydroxyl groups is 1. The van der Waals surface area contributed by atoms with Gasteiger partial charge in [-0.3, -0.25) is 4.90 Å². The second-order valence-corrected chi connectivity index (χ2v) is 8.41. The zero-order chi connectivity index (χ0) is 14.8. The molecule has 114 valence electrons. The highest BCUT2D eigenvalue weighted by atomic mass is 32.2. The van der Waals surface area contributed by atoms with Crippen molar-refractivity contribution in [2.75, 3.05) is 26.2 Å². The number of nitrogens with zero attached hydrogens (tertiary/aromatic N) is 2. The fraction of sp³-hybridized carbons (Fsp3) is 0.692. The molecule has 5 nitrogen and oxygen atoms in total. The molecule has 0 aliphatic carbocycles. The summed E-state index contributed by atoms with van der Waals surface area (Å²) in [5.74, 6) is 0. The first-order chi connectivity index (χ1) is 9.48. The number of piperazine rings is 1. The Hall–Kier alpha value is -0.470. The van der Waals surface area contributed by atoms with Gasteiger partial charge in [0.25, 0.3) is 10.0 Å². The molecule has 1 unspecified atom stereocenters. The van der Waals surface area contributed by atoms with E-state index in [2.05, 4.69) is 18.7 Å². The lowest BCUT2D eigenvalue weighted by Crippen LogP contribution is -2.50. The monoisotopic (exact) mass is 318 g/mol. The molecule has 1 aliphatic rings. The molecule has 1 atom stereocenters. The lowest BCUT2D eigenvalue weighted by Gasteiger charge is -2.36. The Bertz CT molecular complexity index is 534. The van der Waals surface area contributed by atoms with E-state index in [0.29, 0.717) is 28.2 Å². The van der Waals surface area contributed by atoms with Gasteiger partial charge in [0.05, 0.1) is 6.61 Å². The highest BCUT2D eigenvalue weighted by Crippen LogP contribution is 2.26. The minimum atomic E-state index is -3.39. The molecular formula is C13H22N2O3S2. The van der Waals surface area contributed by atoms with Crippen molar-refractivity contribution < 1.29 is 13.5 Å². The molecule has 2 heterocycles. The normalized spacial score (nSPS) is 20.1. The van der Waals surface area contributed by atoms with E-state index in [-0.39, 0.29) is 6.61 Å². The Labute approximate surface area is 124 Å². The number of sulfonamides is 1. The van der Waals surface area contributed by atoms with Gasteiger partial charge in [-0.1, -0.05) is 6.92 Å². The molecule has 1 saturated heterocycles. The van der Waals surface area contributed by atoms with E-state index in [0.717, 1.165) is 30.8 Å². The van der Waals surface area contributed by atoms with Gasteiger partial charge in [0.1, 0.15) is 4.21 Å². The molecule has 0 aromatic carbocycles. The Morgan fingerprint density at radius 1 is 1.30 bits per heavy atom. The van der Waals surface area contributed by atoms with Crippen molar-refractivity contribution in [2.24, 2.45) is 0 Å². The first kappa shape index (κ1) is 15.9. The molecule has 1 N–H and O–H groups in total. The molecule has 7 heteroatoms. The molecule has 20 heavy (non-hydrogen) atoms. The van der Waals surface area contributed by atoms with Crippen molar-refractivity contribution in [3.05, 3.63) is 17.0 Å². The largest absolute Gasteiger partial charge is 0.391 e. The molecule has 1 aromatic heterocycles. The molecule has 0 amide bonds. The van der Waals surface area contributed by atoms with Gasteiger partial charge in [0.15, 0.2) is 0 Å². The van der Waals surface area contributed by atoms with E-state index in [1.807, 2.05) is 0 Å². The van der Waals surface area contributed by atoms with Crippen LogP contribution in [-0.4, -0.2) is 55.0 Å². The van der Waals surface area contributed by atoms with Gasteiger partial charge in [0, 0.05) is 37.1 Å². The lowest BCUT2D eigenvalue weighted by atomic mass is 10.2. The van der Waals surface area contributed by atoms with Crippen molar-refractivity contribution in [3.8, 4) is 0 Å². The topological polar surface area (TPSA) is 60.9 Å². The van der Waals surface area contributed by atoms with E-state index in [9.17, 15) is 8.42 Å². The Morgan fingerprint density at radius 2 is 1.95 bits per heavy atom. The zero-order valence-corrected chi connectivity index (χ0v) is 13.6. The fourth-order valence-electron chi connectivity index (χ4n) is 2.35. The lowest BCUT2D eigenvalue weighted by molar-refractivity contribution is 0.143. The van der Waals surface area contributed by atoms with Crippen LogP contribution in [0.25, 0.3) is 0 Å². The van der Waals surface area contributed by atoms with E-state index in [1.54, 1.807) is 16.4 Å². The Morgan fingerprint density at radius 3 is 2.45 bits per heavy atom. The van der Waals surface area contributed by atoms with Crippen molar-refractivity contribution in [3.63, 3.8) is 0 Å². The summed E-state index contributed by atoms with van der Waals surface area (Å²) in [6.45, 7) is 6.87. The maximum atomic E-state index is 12.5. The smallest absolute Gasteiger partial charge is 0.252 e. The first-order valence-corrected chi connectivity index (χ1v) is 9.18. The fourth-order valence-corrected chi connectivity index (χ4v) is 5.14. The maximum absolute atomic E-state index is 12.5. The summed E-state index contributed by atoms with van der Waals surface area (Å²) in [5, 5.41) is 9.05. The third-order valence-electron chi connectivity index (χ3n) is 3.87. The number of hydrogen-bond donors (Lipinski definition) is 1. The van der Waals surface area contributed by atoms with Crippen LogP contribution in [0, 0.1) is 0 Å². The van der Waals surface area contributed by atoms with Crippen LogP contribution in [0.15, 0.2) is 16.3 Å². The summed E-state index contributed by atoms with van der Waals surface area (Å²) in [5.41, 5.74) is 0. The summed E-state index contributed by atoms with van der Waals surface area (Å²) in [6.07, 6.45) is 1.08. The zero-order valence-electron chi connectivity index (χ0n) is 11.9. The van der Waals surface area contributed by atoms with Crippen LogP contribution in [-0.2, 0) is 16.6 Å². The van der Waals surface area contributed by atoms with Crippen LogP contribution in [0.3, 0.4) is 0 Å². The number of hydrogen-bond acceptors (Lipinski definition) is 5. The predicted molar refractivity (Wildman–Crippen MR) is 80.3 cm³/mol. The number of thiophene rings is 1. The summed E-state index contributed by atoms with van der Waals surface area (Å²) in [4.78, 5) is 3.02. The van der Waals surface area contributed by atoms with Crippen LogP contribution in [0.5, 0.6) is 0 Å². The molecule has 1 aliphatic heterocycles. The van der Waals surface area contributed by atoms with E-state index >= 15 is 0 Å². The predicted octanol–water partition coefficient (Wildman–Crippen LogP) is 1.35. The van der Waals surface area contributed by atoms with Crippen molar-refractivity contribution in [1.82, 2.24) is 9.21 Å². The summed E-state index contributed by atoms with van der Waals surface area (Å²) in [7, 11) is -3.39. The molecular weight excluding hydrogens is 296 g/mol. The van der Waals surface area contributed by atoms with Gasteiger partial charge in [-0.15, -0.1) is 11.3 Å². The summed E-state index contributed by atoms with van der Waals surface area (Å²) < 4.78 is 26.9. The average Bonchev–Trinajstić information content (AvgIpc) is 2.96. The quantitative estimate of drug-likeness (QED) is 0.890. The van der Waals surface area contributed by atoms with E-state index in [1.165, 1.54) is 0 Å². The summed E-state index contributed by atoms with van der Waals surface area (Å²) >= 11 is 1.15. The van der Waals surface area contributed by atoms with Crippen LogP contribution in [0.1, 0.15) is 25.1 Å². The van der Waals surface area contributed by atoms with Gasteiger partial charge in [-0.25, -0.2) is 8.42 Å². The van der Waals surface area contributed by atoms with Crippen LogP contribution in [0.2, 0.25) is 0 Å². The maximum Gasteiger partial charge on any atom is 0.252 e. The second-order valence-electron chi connectivity index (χ2n) is 5.08. The molecule has 0 radical (unpaired) electrons. The van der Waals surface area contributed by atoms with Crippen molar-refractivity contribution in [2.45, 2.75) is 37.1 Å². The van der Waals surface area contributed by atoms with Gasteiger partial charge in [-0.05, 0) is 25.5 Å². The van der Waals surface area contributed by atoms with Crippen molar-refractivity contribution >= 4 is 21.4 Å². The molecule has 0 saturated carbocycles. The molecule has 0 bridgehead atoms. The van der Waals surface area contributed by atoms with Gasteiger partial charge >= 0.3 is 0 Å². The van der Waals surface area contributed by atoms with E-state index < -0.39 is 10.0 Å². The van der Waals surface area contributed by atoms with Crippen LogP contribution >= 0.6 is 11.3 Å². The van der Waals surface area contributed by atoms with Gasteiger partial charge < -0.3 is 5.11 Å². The Kier molecular flexibility index (Phi) is 5.19. The minimum Gasteiger partial charge on any atom is -0.391 e. The average molecular weight is 318 g/mol. The molecule has 1 aromatic rings. The van der Waals surface area contributed by atoms with Crippen molar-refractivity contribution in [1.29, 1.82) is 0 Å².